The summed E-state index contributed by atoms with van der Waals surface area (Å²) in [5, 5.41) is 12.0. The van der Waals surface area contributed by atoms with E-state index < -0.39 is 12.7 Å². The molecule has 0 amide bonds. The molecule has 2 aromatic rings. The summed E-state index contributed by atoms with van der Waals surface area (Å²) in [5.41, 5.74) is 0.950. The molecule has 0 saturated heterocycles. The Morgan fingerprint density at radius 2 is 1.96 bits per heavy atom. The van der Waals surface area contributed by atoms with Gasteiger partial charge in [-0.15, -0.1) is 11.3 Å². The molecule has 7 heteroatoms. The predicted octanol–water partition coefficient (Wildman–Crippen LogP) is 3.36. The number of nitrogens with zero attached hydrogens (tertiary/aromatic N) is 1. The molecule has 0 fully saturated rings. The van der Waals surface area contributed by atoms with Gasteiger partial charge in [-0.25, -0.2) is 0 Å². The van der Waals surface area contributed by atoms with Gasteiger partial charge in [-0.2, -0.15) is 8.78 Å². The number of hydrogen-bond donors (Lipinski definition) is 1. The van der Waals surface area contributed by atoms with Crippen molar-refractivity contribution < 1.29 is 23.4 Å². The van der Waals surface area contributed by atoms with Crippen LogP contribution in [-0.4, -0.2) is 42.9 Å². The third-order valence-corrected chi connectivity index (χ3v) is 4.11. The first kappa shape index (κ1) is 18.8. The lowest BCUT2D eigenvalue weighted by molar-refractivity contribution is -0.0498. The van der Waals surface area contributed by atoms with E-state index in [4.69, 9.17) is 4.74 Å². The van der Waals surface area contributed by atoms with Crippen LogP contribution in [0, 0.1) is 0 Å². The molecular formula is C17H21F2NO3S. The van der Waals surface area contributed by atoms with Crippen LogP contribution in [0.1, 0.15) is 10.4 Å². The summed E-state index contributed by atoms with van der Waals surface area (Å²) in [6.07, 6.45) is -0.587. The summed E-state index contributed by atoms with van der Waals surface area (Å²) in [6, 6.07) is 10.4. The maximum Gasteiger partial charge on any atom is 0.387 e. The van der Waals surface area contributed by atoms with Crippen LogP contribution < -0.4 is 4.74 Å². The lowest BCUT2D eigenvalue weighted by atomic mass is 10.2. The van der Waals surface area contributed by atoms with Crippen LogP contribution in [0.5, 0.6) is 5.75 Å². The highest BCUT2D eigenvalue weighted by atomic mass is 32.1. The zero-order chi connectivity index (χ0) is 17.4. The van der Waals surface area contributed by atoms with Gasteiger partial charge in [0, 0.05) is 18.0 Å². The van der Waals surface area contributed by atoms with Gasteiger partial charge in [-0.1, -0.05) is 18.2 Å². The third kappa shape index (κ3) is 6.92. The van der Waals surface area contributed by atoms with Crippen LogP contribution in [0.25, 0.3) is 0 Å². The van der Waals surface area contributed by atoms with Crippen LogP contribution in [0.4, 0.5) is 8.78 Å². The lowest BCUT2D eigenvalue weighted by Gasteiger charge is -2.20. The van der Waals surface area contributed by atoms with Crippen molar-refractivity contribution in [3.05, 3.63) is 52.2 Å². The molecule has 1 aromatic heterocycles. The Kier molecular flexibility index (Phi) is 7.58. The van der Waals surface area contributed by atoms with Crippen LogP contribution in [0.2, 0.25) is 0 Å². The topological polar surface area (TPSA) is 41.9 Å². The van der Waals surface area contributed by atoms with Gasteiger partial charge in [-0.05, 0) is 36.2 Å². The Labute approximate surface area is 144 Å². The number of alkyl halides is 2. The van der Waals surface area contributed by atoms with Crippen molar-refractivity contribution in [3.63, 3.8) is 0 Å². The fourth-order valence-corrected chi connectivity index (χ4v) is 2.90. The molecule has 0 radical (unpaired) electrons. The van der Waals surface area contributed by atoms with E-state index in [1.807, 2.05) is 29.5 Å². The first-order chi connectivity index (χ1) is 11.5. The van der Waals surface area contributed by atoms with E-state index in [-0.39, 0.29) is 12.4 Å². The summed E-state index contributed by atoms with van der Waals surface area (Å²) in [5.74, 6) is 0.137. The van der Waals surface area contributed by atoms with Gasteiger partial charge in [0.15, 0.2) is 0 Å². The maximum absolute atomic E-state index is 12.1. The third-order valence-electron chi connectivity index (χ3n) is 3.26. The zero-order valence-electron chi connectivity index (χ0n) is 13.4. The molecule has 1 heterocycles. The van der Waals surface area contributed by atoms with Gasteiger partial charge in [0.1, 0.15) is 5.75 Å². The van der Waals surface area contributed by atoms with Crippen molar-refractivity contribution in [2.75, 3.05) is 20.2 Å². The highest BCUT2D eigenvalue weighted by molar-refractivity contribution is 7.09. The first-order valence-corrected chi connectivity index (χ1v) is 8.41. The standard InChI is InChI=1S/C17H21F2NO3S/c1-20(9-13-4-6-15(7-5-13)23-17(18)19)10-14(21)11-22-12-16-3-2-8-24-16/h2-8,14,17,21H,9-12H2,1H3. The minimum Gasteiger partial charge on any atom is -0.435 e. The van der Waals surface area contributed by atoms with Crippen molar-refractivity contribution in [1.29, 1.82) is 0 Å². The fraction of sp³-hybridized carbons (Fsp3) is 0.412. The molecule has 0 saturated carbocycles. The largest absolute Gasteiger partial charge is 0.435 e. The number of benzene rings is 1. The van der Waals surface area contributed by atoms with E-state index in [0.717, 1.165) is 10.4 Å². The second-order valence-corrected chi connectivity index (χ2v) is 6.50. The monoisotopic (exact) mass is 357 g/mol. The normalized spacial score (nSPS) is 12.8. The number of rotatable bonds is 10. The second kappa shape index (κ2) is 9.68. The van der Waals surface area contributed by atoms with E-state index in [1.165, 1.54) is 12.1 Å². The van der Waals surface area contributed by atoms with Crippen molar-refractivity contribution in [3.8, 4) is 5.75 Å². The Hall–Kier alpha value is -1.54. The molecule has 1 atom stereocenters. The Morgan fingerprint density at radius 1 is 1.21 bits per heavy atom. The first-order valence-electron chi connectivity index (χ1n) is 7.53. The van der Waals surface area contributed by atoms with Crippen molar-refractivity contribution >= 4 is 11.3 Å². The average Bonchev–Trinajstić information content (AvgIpc) is 3.02. The van der Waals surface area contributed by atoms with Gasteiger partial charge >= 0.3 is 6.61 Å². The van der Waals surface area contributed by atoms with Crippen LogP contribution in [0.3, 0.4) is 0 Å². The highest BCUT2D eigenvalue weighted by Gasteiger charge is 2.10. The molecule has 1 unspecified atom stereocenters. The molecular weight excluding hydrogens is 336 g/mol. The maximum atomic E-state index is 12.1. The number of likely N-dealkylation sites (N-methyl/N-ethyl adjacent to an activating group) is 1. The minimum atomic E-state index is -2.82. The van der Waals surface area contributed by atoms with Gasteiger partial charge in [0.25, 0.3) is 0 Å². The average molecular weight is 357 g/mol. The quantitative estimate of drug-likeness (QED) is 0.708. The molecule has 4 nitrogen and oxygen atoms in total. The molecule has 0 aliphatic carbocycles. The molecule has 0 aliphatic heterocycles. The van der Waals surface area contributed by atoms with Gasteiger partial charge < -0.3 is 14.6 Å². The van der Waals surface area contributed by atoms with E-state index in [2.05, 4.69) is 4.74 Å². The molecule has 0 spiro atoms. The summed E-state index contributed by atoms with van der Waals surface area (Å²) in [4.78, 5) is 3.07. The van der Waals surface area contributed by atoms with E-state index in [1.54, 1.807) is 23.5 Å². The zero-order valence-corrected chi connectivity index (χ0v) is 14.2. The Balaban J connectivity index is 1.68. The number of aliphatic hydroxyl groups is 1. The molecule has 0 bridgehead atoms. The molecule has 0 aliphatic rings. The van der Waals surface area contributed by atoms with Crippen LogP contribution >= 0.6 is 11.3 Å². The van der Waals surface area contributed by atoms with Crippen molar-refractivity contribution in [2.24, 2.45) is 0 Å². The van der Waals surface area contributed by atoms with E-state index in [9.17, 15) is 13.9 Å². The van der Waals surface area contributed by atoms with Crippen LogP contribution in [-0.2, 0) is 17.9 Å². The molecule has 1 N–H and O–H groups in total. The number of hydrogen-bond acceptors (Lipinski definition) is 5. The van der Waals surface area contributed by atoms with Gasteiger partial charge in [-0.3, -0.25) is 4.90 Å². The van der Waals surface area contributed by atoms with Gasteiger partial charge in [0.05, 0.1) is 19.3 Å². The summed E-state index contributed by atoms with van der Waals surface area (Å²) >= 11 is 1.62. The fourth-order valence-electron chi connectivity index (χ4n) is 2.26. The SMILES string of the molecule is CN(Cc1ccc(OC(F)F)cc1)CC(O)COCc1cccs1. The summed E-state index contributed by atoms with van der Waals surface area (Å²) in [6.45, 7) is -0.993. The number of thiophene rings is 1. The van der Waals surface area contributed by atoms with Crippen LogP contribution in [0.15, 0.2) is 41.8 Å². The summed E-state index contributed by atoms with van der Waals surface area (Å²) in [7, 11) is 1.88. The molecule has 2 rings (SSSR count). The minimum absolute atomic E-state index is 0.137. The lowest BCUT2D eigenvalue weighted by Crippen LogP contribution is -2.31. The highest BCUT2D eigenvalue weighted by Crippen LogP contribution is 2.16. The van der Waals surface area contributed by atoms with Crippen molar-refractivity contribution in [2.45, 2.75) is 25.9 Å². The molecule has 24 heavy (non-hydrogen) atoms. The van der Waals surface area contributed by atoms with E-state index in [0.29, 0.717) is 19.7 Å². The smallest absolute Gasteiger partial charge is 0.387 e. The second-order valence-electron chi connectivity index (χ2n) is 5.47. The summed E-state index contributed by atoms with van der Waals surface area (Å²) < 4.78 is 34.0. The van der Waals surface area contributed by atoms with Crippen molar-refractivity contribution in [1.82, 2.24) is 4.90 Å². The molecule has 132 valence electrons. The number of halogens is 2. The number of ether oxygens (including phenoxy) is 2. The Bertz CT molecular complexity index is 578. The van der Waals surface area contributed by atoms with E-state index >= 15 is 0 Å². The predicted molar refractivity (Wildman–Crippen MR) is 89.4 cm³/mol. The Morgan fingerprint density at radius 3 is 2.58 bits per heavy atom. The number of aliphatic hydroxyl groups excluding tert-OH is 1. The van der Waals surface area contributed by atoms with Gasteiger partial charge in [0.2, 0.25) is 0 Å². The molecule has 1 aromatic carbocycles.